The van der Waals surface area contributed by atoms with Crippen LogP contribution in [0.4, 0.5) is 0 Å². The molecule has 2 heterocycles. The predicted octanol–water partition coefficient (Wildman–Crippen LogP) is 1.89. The topological polar surface area (TPSA) is 95.8 Å². The van der Waals surface area contributed by atoms with Crippen molar-refractivity contribution < 1.29 is 38.6 Å². The van der Waals surface area contributed by atoms with E-state index in [1.807, 2.05) is 24.3 Å². The smallest absolute Gasteiger partial charge is 0.159 e. The van der Waals surface area contributed by atoms with E-state index in [0.29, 0.717) is 25.9 Å². The fourth-order valence-corrected chi connectivity index (χ4v) is 4.56. The Morgan fingerprint density at radius 1 is 1.06 bits per heavy atom. The molecular weight excluding hydrogens is 404 g/mol. The van der Waals surface area contributed by atoms with Crippen molar-refractivity contribution in [2.24, 2.45) is 5.92 Å². The molecule has 0 aromatic heterocycles. The number of methoxy groups -OCH3 is 3. The fourth-order valence-electron chi connectivity index (χ4n) is 4.56. The highest BCUT2D eigenvalue weighted by molar-refractivity contribution is 5.26. The summed E-state index contributed by atoms with van der Waals surface area (Å²) in [5, 5.41) is 19.7. The van der Waals surface area contributed by atoms with E-state index >= 15 is 0 Å². The largest absolute Gasteiger partial charge is 0.497 e. The fraction of sp³-hybridized carbons (Fsp3) is 0.739. The lowest BCUT2D eigenvalue weighted by molar-refractivity contribution is -0.282. The third kappa shape index (κ3) is 5.96. The average Bonchev–Trinajstić information content (AvgIpc) is 2.78. The SMILES string of the molecule is COc1ccc(CO[C@@H]2C(C)[C@@H]3O[C@H](CCO)[C@H](O)C[C@@H]3O[C@H]2CC(OC)OC)cc1. The Hall–Kier alpha value is -1.26. The van der Waals surface area contributed by atoms with Gasteiger partial charge in [0, 0.05) is 39.6 Å². The third-order valence-corrected chi connectivity index (χ3v) is 6.32. The lowest BCUT2D eigenvalue weighted by atomic mass is 9.81. The summed E-state index contributed by atoms with van der Waals surface area (Å²) < 4.78 is 34.9. The van der Waals surface area contributed by atoms with Crippen molar-refractivity contribution >= 4 is 0 Å². The minimum atomic E-state index is -0.668. The second-order valence-corrected chi connectivity index (χ2v) is 8.29. The summed E-state index contributed by atoms with van der Waals surface area (Å²) in [4.78, 5) is 0. The maximum absolute atomic E-state index is 10.4. The van der Waals surface area contributed by atoms with Crippen molar-refractivity contribution in [3.8, 4) is 5.75 Å². The standard InChI is InChI=1S/C23H36O8/c1-14-22(29-13-15-5-7-16(26-2)8-6-15)20(12-21(27-3)28-4)30-19-11-17(25)18(9-10-24)31-23(14)19/h5-8,14,17-25H,9-13H2,1-4H3/t14?,17-,18-,19+,20+,22-,23+/m1/s1. The highest BCUT2D eigenvalue weighted by Gasteiger charge is 2.50. The zero-order valence-corrected chi connectivity index (χ0v) is 18.8. The van der Waals surface area contributed by atoms with Crippen molar-refractivity contribution in [3.63, 3.8) is 0 Å². The Balaban J connectivity index is 1.74. The van der Waals surface area contributed by atoms with E-state index in [0.717, 1.165) is 11.3 Å². The van der Waals surface area contributed by atoms with Crippen LogP contribution in [0.2, 0.25) is 0 Å². The highest BCUT2D eigenvalue weighted by atomic mass is 16.7. The molecule has 2 saturated heterocycles. The predicted molar refractivity (Wildman–Crippen MR) is 113 cm³/mol. The van der Waals surface area contributed by atoms with Gasteiger partial charge < -0.3 is 38.6 Å². The van der Waals surface area contributed by atoms with Crippen LogP contribution in [0.25, 0.3) is 0 Å². The summed E-state index contributed by atoms with van der Waals surface area (Å²) in [6, 6.07) is 7.76. The van der Waals surface area contributed by atoms with Gasteiger partial charge in [-0.2, -0.15) is 0 Å². The van der Waals surface area contributed by atoms with Crippen LogP contribution in [-0.2, 0) is 30.3 Å². The van der Waals surface area contributed by atoms with Gasteiger partial charge in [-0.05, 0) is 24.1 Å². The minimum absolute atomic E-state index is 0.0186. The van der Waals surface area contributed by atoms with Gasteiger partial charge in [0.2, 0.25) is 0 Å². The van der Waals surface area contributed by atoms with E-state index in [9.17, 15) is 10.2 Å². The molecule has 0 bridgehead atoms. The molecule has 0 amide bonds. The second kappa shape index (κ2) is 11.6. The third-order valence-electron chi connectivity index (χ3n) is 6.32. The molecular formula is C23H36O8. The van der Waals surface area contributed by atoms with Gasteiger partial charge in [0.25, 0.3) is 0 Å². The summed E-state index contributed by atoms with van der Waals surface area (Å²) >= 11 is 0. The van der Waals surface area contributed by atoms with Crippen LogP contribution in [0.15, 0.2) is 24.3 Å². The van der Waals surface area contributed by atoms with Gasteiger partial charge in [-0.3, -0.25) is 0 Å². The van der Waals surface area contributed by atoms with Crippen molar-refractivity contribution in [2.75, 3.05) is 27.9 Å². The van der Waals surface area contributed by atoms with Gasteiger partial charge >= 0.3 is 0 Å². The number of benzene rings is 1. The number of hydrogen-bond donors (Lipinski definition) is 2. The molecule has 2 aliphatic heterocycles. The number of rotatable bonds is 10. The van der Waals surface area contributed by atoms with Gasteiger partial charge in [0.1, 0.15) is 5.75 Å². The molecule has 2 aliphatic rings. The van der Waals surface area contributed by atoms with Crippen molar-refractivity contribution in [1.29, 1.82) is 0 Å². The number of aliphatic hydroxyl groups is 2. The first-order valence-corrected chi connectivity index (χ1v) is 10.9. The molecule has 0 radical (unpaired) electrons. The summed E-state index contributed by atoms with van der Waals surface area (Å²) in [5.41, 5.74) is 1.03. The van der Waals surface area contributed by atoms with Crippen molar-refractivity contribution in [1.82, 2.24) is 0 Å². The summed E-state index contributed by atoms with van der Waals surface area (Å²) in [6.45, 7) is 2.48. The van der Waals surface area contributed by atoms with E-state index in [2.05, 4.69) is 6.92 Å². The van der Waals surface area contributed by atoms with E-state index < -0.39 is 18.5 Å². The van der Waals surface area contributed by atoms with E-state index in [1.54, 1.807) is 21.3 Å². The first kappa shape index (κ1) is 24.4. The summed E-state index contributed by atoms with van der Waals surface area (Å²) in [5.74, 6) is 0.816. The zero-order valence-electron chi connectivity index (χ0n) is 18.8. The molecule has 1 aromatic rings. The van der Waals surface area contributed by atoms with Crippen molar-refractivity contribution in [2.45, 2.75) is 75.7 Å². The molecule has 0 saturated carbocycles. The lowest BCUT2D eigenvalue weighted by Crippen LogP contribution is -2.61. The Kier molecular flexibility index (Phi) is 9.09. The molecule has 1 aromatic carbocycles. The summed E-state index contributed by atoms with van der Waals surface area (Å²) in [7, 11) is 4.84. The van der Waals surface area contributed by atoms with Crippen LogP contribution in [0.3, 0.4) is 0 Å². The number of hydrogen-bond acceptors (Lipinski definition) is 8. The molecule has 1 unspecified atom stereocenters. The lowest BCUT2D eigenvalue weighted by Gasteiger charge is -2.50. The molecule has 0 spiro atoms. The maximum atomic E-state index is 10.4. The van der Waals surface area contributed by atoms with Gasteiger partial charge in [0.15, 0.2) is 6.29 Å². The number of ether oxygens (including phenoxy) is 6. The van der Waals surface area contributed by atoms with Gasteiger partial charge in [-0.25, -0.2) is 0 Å². The molecule has 31 heavy (non-hydrogen) atoms. The molecule has 176 valence electrons. The van der Waals surface area contributed by atoms with Gasteiger partial charge in [-0.15, -0.1) is 0 Å². The molecule has 3 rings (SSSR count). The normalized spacial score (nSPS) is 33.3. The Bertz CT molecular complexity index is 649. The zero-order chi connectivity index (χ0) is 22.4. The quantitative estimate of drug-likeness (QED) is 0.533. The Morgan fingerprint density at radius 2 is 1.77 bits per heavy atom. The second-order valence-electron chi connectivity index (χ2n) is 8.29. The van der Waals surface area contributed by atoms with Gasteiger partial charge in [0.05, 0.1) is 50.3 Å². The molecule has 8 nitrogen and oxygen atoms in total. The molecule has 0 aliphatic carbocycles. The first-order valence-electron chi connectivity index (χ1n) is 10.9. The van der Waals surface area contributed by atoms with E-state index in [4.69, 9.17) is 28.4 Å². The number of aliphatic hydroxyl groups excluding tert-OH is 2. The van der Waals surface area contributed by atoms with Crippen LogP contribution in [-0.4, -0.2) is 81.1 Å². The first-order chi connectivity index (χ1) is 15.0. The van der Waals surface area contributed by atoms with Gasteiger partial charge in [-0.1, -0.05) is 19.1 Å². The summed E-state index contributed by atoms with van der Waals surface area (Å²) in [6.07, 6.45) is -1.12. The van der Waals surface area contributed by atoms with E-state index in [1.165, 1.54) is 0 Å². The minimum Gasteiger partial charge on any atom is -0.497 e. The van der Waals surface area contributed by atoms with Crippen LogP contribution in [0.1, 0.15) is 31.7 Å². The average molecular weight is 441 g/mol. The van der Waals surface area contributed by atoms with Crippen molar-refractivity contribution in [3.05, 3.63) is 29.8 Å². The highest BCUT2D eigenvalue weighted by Crippen LogP contribution is 2.39. The van der Waals surface area contributed by atoms with Crippen LogP contribution >= 0.6 is 0 Å². The van der Waals surface area contributed by atoms with Crippen LogP contribution in [0, 0.1) is 5.92 Å². The molecule has 2 N–H and O–H groups in total. The monoisotopic (exact) mass is 440 g/mol. The van der Waals surface area contributed by atoms with Crippen LogP contribution in [0.5, 0.6) is 5.75 Å². The van der Waals surface area contributed by atoms with Crippen LogP contribution < -0.4 is 4.74 Å². The number of fused-ring (bicyclic) bond motifs is 1. The van der Waals surface area contributed by atoms with E-state index in [-0.39, 0.29) is 36.9 Å². The Morgan fingerprint density at radius 3 is 2.39 bits per heavy atom. The Labute approximate surface area is 184 Å². The maximum Gasteiger partial charge on any atom is 0.159 e. The molecule has 7 atom stereocenters. The molecule has 2 fully saturated rings. The molecule has 8 heteroatoms.